The van der Waals surface area contributed by atoms with E-state index in [1.165, 1.54) is 28.7 Å². The van der Waals surface area contributed by atoms with Crippen LogP contribution in [-0.2, 0) is 19.5 Å². The number of aromatic amines is 2. The van der Waals surface area contributed by atoms with E-state index in [1.807, 2.05) is 6.92 Å². The van der Waals surface area contributed by atoms with Crippen molar-refractivity contribution in [3.63, 3.8) is 0 Å². The van der Waals surface area contributed by atoms with Gasteiger partial charge in [0.2, 0.25) is 10.0 Å². The normalized spacial score (nSPS) is 15.5. The van der Waals surface area contributed by atoms with Gasteiger partial charge in [0.15, 0.2) is 5.75 Å². The van der Waals surface area contributed by atoms with Crippen LogP contribution < -0.4 is 10.3 Å². The molecule has 3 heterocycles. The lowest BCUT2D eigenvalue weighted by Crippen LogP contribution is -2.40. The summed E-state index contributed by atoms with van der Waals surface area (Å²) >= 11 is 0. The number of rotatable bonds is 6. The van der Waals surface area contributed by atoms with Gasteiger partial charge in [0.05, 0.1) is 16.9 Å². The van der Waals surface area contributed by atoms with E-state index < -0.39 is 21.7 Å². The zero-order valence-electron chi connectivity index (χ0n) is 17.8. The average molecular weight is 464 g/mol. The first-order valence-electron chi connectivity index (χ1n) is 10.4. The number of nitrogens with one attached hydrogen (secondary N) is 2. The number of ether oxygens (including phenoxy) is 3. The number of sulfonamides is 1. The highest BCUT2D eigenvalue weighted by molar-refractivity contribution is 7.89. The maximum atomic E-state index is 13.3. The first kappa shape index (κ1) is 22.3. The number of hydrogen-bond donors (Lipinski definition) is 2. The molecule has 4 rings (SSSR count). The van der Waals surface area contributed by atoms with Crippen molar-refractivity contribution in [1.29, 1.82) is 0 Å². The second kappa shape index (κ2) is 8.93. The molecule has 1 aliphatic heterocycles. The van der Waals surface area contributed by atoms with Crippen LogP contribution in [0.4, 0.5) is 4.79 Å². The molecule has 0 unspecified atom stereocenters. The standard InChI is InChI=1S/C21H25N3O7S/c1-3-8-30-21(26)31-17-12-22-19-18(17)15-11-14(4-5-16(15)23-20(19)25)32(27,28)24(2)13-6-9-29-10-7-13/h4-5,11-13,22H,3,6-10H2,1-2H3,(H,23,25). The van der Waals surface area contributed by atoms with Gasteiger partial charge in [0, 0.05) is 43.4 Å². The molecular formula is C21H25N3O7S. The van der Waals surface area contributed by atoms with E-state index in [2.05, 4.69) is 9.97 Å². The minimum atomic E-state index is -3.80. The Morgan fingerprint density at radius 2 is 2.03 bits per heavy atom. The fourth-order valence-electron chi connectivity index (χ4n) is 3.83. The van der Waals surface area contributed by atoms with Crippen molar-refractivity contribution in [1.82, 2.24) is 14.3 Å². The minimum Gasteiger partial charge on any atom is -0.434 e. The Balaban J connectivity index is 1.79. The van der Waals surface area contributed by atoms with Gasteiger partial charge in [-0.1, -0.05) is 6.92 Å². The number of H-pyrrole nitrogens is 2. The Morgan fingerprint density at radius 3 is 2.75 bits per heavy atom. The smallest absolute Gasteiger partial charge is 0.434 e. The summed E-state index contributed by atoms with van der Waals surface area (Å²) in [5.74, 6) is 0.0875. The summed E-state index contributed by atoms with van der Waals surface area (Å²) in [6.07, 6.45) is 2.35. The maximum absolute atomic E-state index is 13.3. The van der Waals surface area contributed by atoms with Crippen molar-refractivity contribution in [3.8, 4) is 5.75 Å². The highest BCUT2D eigenvalue weighted by atomic mass is 32.2. The molecule has 10 nitrogen and oxygen atoms in total. The molecule has 0 aliphatic carbocycles. The monoisotopic (exact) mass is 463 g/mol. The zero-order valence-corrected chi connectivity index (χ0v) is 18.7. The van der Waals surface area contributed by atoms with Crippen LogP contribution in [0, 0.1) is 0 Å². The van der Waals surface area contributed by atoms with Gasteiger partial charge < -0.3 is 24.2 Å². The van der Waals surface area contributed by atoms with Crippen molar-refractivity contribution in [3.05, 3.63) is 34.7 Å². The highest BCUT2D eigenvalue weighted by Crippen LogP contribution is 2.33. The van der Waals surface area contributed by atoms with Crippen LogP contribution in [0.1, 0.15) is 26.2 Å². The minimum absolute atomic E-state index is 0.0769. The van der Waals surface area contributed by atoms with Crippen LogP contribution in [0.2, 0.25) is 0 Å². The number of pyridine rings is 1. The van der Waals surface area contributed by atoms with Gasteiger partial charge in [-0.3, -0.25) is 4.79 Å². The fourth-order valence-corrected chi connectivity index (χ4v) is 5.28. The van der Waals surface area contributed by atoms with Gasteiger partial charge in [-0.2, -0.15) is 4.31 Å². The van der Waals surface area contributed by atoms with Crippen molar-refractivity contribution in [2.75, 3.05) is 26.9 Å². The lowest BCUT2D eigenvalue weighted by atomic mass is 10.1. The molecule has 0 amide bonds. The van der Waals surface area contributed by atoms with Gasteiger partial charge >= 0.3 is 6.16 Å². The van der Waals surface area contributed by atoms with Crippen molar-refractivity contribution < 1.29 is 27.4 Å². The van der Waals surface area contributed by atoms with Crippen LogP contribution in [-0.4, -0.2) is 61.8 Å². The molecule has 1 fully saturated rings. The Labute approximate surface area is 184 Å². The summed E-state index contributed by atoms with van der Waals surface area (Å²) in [7, 11) is -2.23. The largest absolute Gasteiger partial charge is 0.513 e. The van der Waals surface area contributed by atoms with Crippen molar-refractivity contribution >= 4 is 38.0 Å². The first-order valence-corrected chi connectivity index (χ1v) is 11.8. The number of carbonyl (C=O) groups is 1. The Morgan fingerprint density at radius 1 is 1.28 bits per heavy atom. The lowest BCUT2D eigenvalue weighted by Gasteiger charge is -2.30. The molecule has 1 aromatic carbocycles. The van der Waals surface area contributed by atoms with E-state index in [0.717, 1.165) is 0 Å². The summed E-state index contributed by atoms with van der Waals surface area (Å²) < 4.78 is 43.5. The Bertz CT molecular complexity index is 1310. The average Bonchev–Trinajstić information content (AvgIpc) is 3.22. The number of hydrogen-bond acceptors (Lipinski definition) is 7. The summed E-state index contributed by atoms with van der Waals surface area (Å²) in [6.45, 7) is 3.08. The molecule has 0 radical (unpaired) electrons. The third kappa shape index (κ3) is 4.10. The van der Waals surface area contributed by atoms with E-state index in [0.29, 0.717) is 48.8 Å². The summed E-state index contributed by atoms with van der Waals surface area (Å²) in [5, 5.41) is 0.739. The second-order valence-electron chi connectivity index (χ2n) is 7.63. The molecule has 0 bridgehead atoms. The van der Waals surface area contributed by atoms with Crippen LogP contribution in [0.5, 0.6) is 5.75 Å². The number of nitrogens with zero attached hydrogens (tertiary/aromatic N) is 1. The molecule has 11 heteroatoms. The number of carbonyl (C=O) groups excluding carboxylic acids is 1. The number of benzene rings is 1. The third-order valence-corrected chi connectivity index (χ3v) is 7.49. The quantitative estimate of drug-likeness (QED) is 0.538. The first-order chi connectivity index (χ1) is 15.3. The topological polar surface area (TPSA) is 131 Å². The zero-order chi connectivity index (χ0) is 22.9. The van der Waals surface area contributed by atoms with Crippen molar-refractivity contribution in [2.24, 2.45) is 0 Å². The third-order valence-electron chi connectivity index (χ3n) is 5.58. The van der Waals surface area contributed by atoms with E-state index in [-0.39, 0.29) is 28.8 Å². The molecule has 0 atom stereocenters. The molecular weight excluding hydrogens is 438 g/mol. The van der Waals surface area contributed by atoms with E-state index in [4.69, 9.17) is 14.2 Å². The Hall–Kier alpha value is -2.89. The molecule has 2 N–H and O–H groups in total. The highest BCUT2D eigenvalue weighted by Gasteiger charge is 2.30. The van der Waals surface area contributed by atoms with E-state index in [9.17, 15) is 18.0 Å². The summed E-state index contributed by atoms with van der Waals surface area (Å²) in [6, 6.07) is 4.32. The predicted molar refractivity (Wildman–Crippen MR) is 117 cm³/mol. The fraction of sp³-hybridized carbons (Fsp3) is 0.429. The second-order valence-corrected chi connectivity index (χ2v) is 9.63. The molecule has 2 aromatic heterocycles. The molecule has 1 saturated heterocycles. The van der Waals surface area contributed by atoms with Crippen LogP contribution in [0.3, 0.4) is 0 Å². The molecule has 3 aromatic rings. The van der Waals surface area contributed by atoms with Gasteiger partial charge in [0.1, 0.15) is 5.52 Å². The number of fused-ring (bicyclic) bond motifs is 3. The predicted octanol–water partition coefficient (Wildman–Crippen LogP) is 2.73. The summed E-state index contributed by atoms with van der Waals surface area (Å²) in [5.41, 5.74) is 0.170. The summed E-state index contributed by atoms with van der Waals surface area (Å²) in [4.78, 5) is 30.0. The van der Waals surface area contributed by atoms with Crippen LogP contribution in [0.25, 0.3) is 21.8 Å². The van der Waals surface area contributed by atoms with E-state index >= 15 is 0 Å². The molecule has 1 aliphatic rings. The van der Waals surface area contributed by atoms with Crippen LogP contribution >= 0.6 is 0 Å². The molecule has 172 valence electrons. The van der Waals surface area contributed by atoms with Gasteiger partial charge in [0.25, 0.3) is 5.56 Å². The van der Waals surface area contributed by atoms with Gasteiger partial charge in [-0.05, 0) is 37.5 Å². The van der Waals surface area contributed by atoms with Gasteiger partial charge in [-0.25, -0.2) is 13.2 Å². The van der Waals surface area contributed by atoms with Crippen molar-refractivity contribution in [2.45, 2.75) is 37.1 Å². The molecule has 0 spiro atoms. The number of aromatic nitrogens is 2. The van der Waals surface area contributed by atoms with Crippen LogP contribution in [0.15, 0.2) is 34.1 Å². The maximum Gasteiger partial charge on any atom is 0.513 e. The van der Waals surface area contributed by atoms with E-state index in [1.54, 1.807) is 7.05 Å². The lowest BCUT2D eigenvalue weighted by molar-refractivity contribution is 0.0632. The van der Waals surface area contributed by atoms with Gasteiger partial charge in [-0.15, -0.1) is 0 Å². The molecule has 0 saturated carbocycles. The SMILES string of the molecule is CCCOC(=O)Oc1c[nH]c2c(=O)[nH]c3ccc(S(=O)(=O)N(C)C4CCOCC4)cc3c12. The molecule has 32 heavy (non-hydrogen) atoms. The Kier molecular flexibility index (Phi) is 6.22.